The molecule has 0 spiro atoms. The van der Waals surface area contributed by atoms with Gasteiger partial charge in [-0.05, 0) is 12.8 Å². The smallest absolute Gasteiger partial charge is 0.173 e. The van der Waals surface area contributed by atoms with E-state index < -0.39 is 0 Å². The molecule has 0 saturated heterocycles. The zero-order valence-corrected chi connectivity index (χ0v) is 10.6. The quantitative estimate of drug-likeness (QED) is 0.805. The maximum absolute atomic E-state index is 11.9. The van der Waals surface area contributed by atoms with E-state index in [1.807, 2.05) is 12.1 Å². The molecule has 0 unspecified atom stereocenters. The fraction of sp³-hybridized carbons (Fsp3) is 0.500. The Labute approximate surface area is 106 Å². The third kappa shape index (κ3) is 1.55. The molecule has 0 bridgehead atoms. The molecule has 1 fully saturated rings. The van der Waals surface area contributed by atoms with E-state index in [4.69, 9.17) is 14.2 Å². The van der Waals surface area contributed by atoms with Gasteiger partial charge in [0.05, 0.1) is 14.2 Å². The van der Waals surface area contributed by atoms with Crippen LogP contribution in [-0.2, 0) is 4.79 Å². The first-order valence-corrected chi connectivity index (χ1v) is 6.20. The number of Topliss-reactive ketones (excluding diaryl/α,β-unsaturated/α-hetero) is 1. The van der Waals surface area contributed by atoms with Crippen LogP contribution in [0.5, 0.6) is 17.2 Å². The summed E-state index contributed by atoms with van der Waals surface area (Å²) in [5, 5.41) is 0. The van der Waals surface area contributed by atoms with E-state index in [0.29, 0.717) is 12.2 Å². The lowest BCUT2D eigenvalue weighted by Gasteiger charge is -2.23. The molecule has 1 aliphatic carbocycles. The Kier molecular flexibility index (Phi) is 2.65. The average molecular weight is 248 g/mol. The zero-order chi connectivity index (χ0) is 12.7. The van der Waals surface area contributed by atoms with E-state index in [2.05, 4.69) is 0 Å². The molecule has 96 valence electrons. The van der Waals surface area contributed by atoms with E-state index in [9.17, 15) is 4.79 Å². The molecule has 0 amide bonds. The summed E-state index contributed by atoms with van der Waals surface area (Å²) in [4.78, 5) is 11.9. The van der Waals surface area contributed by atoms with Crippen molar-refractivity contribution in [3.05, 3.63) is 17.7 Å². The standard InChI is InChI=1S/C14H16O4/c1-16-8-6-11(17-2)13-9-4-3-5-10(15)14(9)18-12(13)7-8/h6-7,9,14H,3-5H2,1-2H3/t9-,14+/m1/s1. The first-order chi connectivity index (χ1) is 8.74. The lowest BCUT2D eigenvalue weighted by Crippen LogP contribution is -2.32. The van der Waals surface area contributed by atoms with Gasteiger partial charge in [-0.1, -0.05) is 0 Å². The van der Waals surface area contributed by atoms with E-state index in [1.165, 1.54) is 0 Å². The average Bonchev–Trinajstić information content (AvgIpc) is 2.77. The summed E-state index contributed by atoms with van der Waals surface area (Å²) in [6.45, 7) is 0. The van der Waals surface area contributed by atoms with Gasteiger partial charge in [-0.25, -0.2) is 0 Å². The Morgan fingerprint density at radius 1 is 1.28 bits per heavy atom. The minimum Gasteiger partial charge on any atom is -0.496 e. The van der Waals surface area contributed by atoms with Crippen LogP contribution in [0.3, 0.4) is 0 Å². The molecule has 18 heavy (non-hydrogen) atoms. The van der Waals surface area contributed by atoms with Crippen molar-refractivity contribution in [1.82, 2.24) is 0 Å². The van der Waals surface area contributed by atoms with Crippen molar-refractivity contribution in [2.75, 3.05) is 14.2 Å². The second-order valence-electron chi connectivity index (χ2n) is 4.74. The van der Waals surface area contributed by atoms with Gasteiger partial charge in [-0.3, -0.25) is 4.79 Å². The van der Waals surface area contributed by atoms with Gasteiger partial charge in [0, 0.05) is 30.0 Å². The van der Waals surface area contributed by atoms with Gasteiger partial charge >= 0.3 is 0 Å². The van der Waals surface area contributed by atoms with E-state index in [0.717, 1.165) is 29.9 Å². The summed E-state index contributed by atoms with van der Waals surface area (Å²) in [5.74, 6) is 2.52. The summed E-state index contributed by atoms with van der Waals surface area (Å²) in [5.41, 5.74) is 1.02. The molecule has 4 heteroatoms. The van der Waals surface area contributed by atoms with Gasteiger partial charge in [-0.2, -0.15) is 0 Å². The van der Waals surface area contributed by atoms with Crippen LogP contribution in [0.2, 0.25) is 0 Å². The predicted octanol–water partition coefficient (Wildman–Crippen LogP) is 2.30. The minimum absolute atomic E-state index is 0.141. The van der Waals surface area contributed by atoms with Crippen molar-refractivity contribution in [1.29, 1.82) is 0 Å². The Hall–Kier alpha value is -1.71. The number of hydrogen-bond acceptors (Lipinski definition) is 4. The molecule has 0 radical (unpaired) electrons. The second-order valence-corrected chi connectivity index (χ2v) is 4.74. The Morgan fingerprint density at radius 2 is 2.11 bits per heavy atom. The van der Waals surface area contributed by atoms with Crippen LogP contribution in [0.4, 0.5) is 0 Å². The maximum atomic E-state index is 11.9. The van der Waals surface area contributed by atoms with Crippen LogP contribution in [-0.4, -0.2) is 26.1 Å². The van der Waals surface area contributed by atoms with Crippen LogP contribution in [0.1, 0.15) is 30.7 Å². The predicted molar refractivity (Wildman–Crippen MR) is 65.6 cm³/mol. The number of methoxy groups -OCH3 is 2. The van der Waals surface area contributed by atoms with Crippen molar-refractivity contribution in [3.8, 4) is 17.2 Å². The number of rotatable bonds is 2. The van der Waals surface area contributed by atoms with E-state index >= 15 is 0 Å². The third-order valence-electron chi connectivity index (χ3n) is 3.78. The van der Waals surface area contributed by atoms with Crippen molar-refractivity contribution in [3.63, 3.8) is 0 Å². The highest BCUT2D eigenvalue weighted by atomic mass is 16.5. The molecule has 0 N–H and O–H groups in total. The normalized spacial score (nSPS) is 25.1. The Morgan fingerprint density at radius 3 is 2.83 bits per heavy atom. The Bertz CT molecular complexity index is 495. The molecule has 1 aromatic rings. The molecule has 2 atom stereocenters. The van der Waals surface area contributed by atoms with Gasteiger partial charge in [-0.15, -0.1) is 0 Å². The van der Waals surface area contributed by atoms with Crippen LogP contribution in [0, 0.1) is 0 Å². The number of fused-ring (bicyclic) bond motifs is 3. The summed E-state index contributed by atoms with van der Waals surface area (Å²) < 4.78 is 16.4. The molecular formula is C14H16O4. The summed E-state index contributed by atoms with van der Waals surface area (Å²) in [7, 11) is 3.24. The van der Waals surface area contributed by atoms with E-state index in [-0.39, 0.29) is 17.8 Å². The van der Waals surface area contributed by atoms with Crippen molar-refractivity contribution >= 4 is 5.78 Å². The number of carbonyl (C=O) groups is 1. The number of carbonyl (C=O) groups excluding carboxylic acids is 1. The number of hydrogen-bond donors (Lipinski definition) is 0. The molecular weight excluding hydrogens is 232 g/mol. The SMILES string of the molecule is COc1cc(OC)c2c(c1)O[C@@H]1C(=O)CCC[C@H]21. The van der Waals surface area contributed by atoms with E-state index in [1.54, 1.807) is 14.2 Å². The summed E-state index contributed by atoms with van der Waals surface area (Å²) in [6, 6.07) is 3.69. The molecule has 1 aliphatic heterocycles. The van der Waals surface area contributed by atoms with Crippen molar-refractivity contribution in [2.45, 2.75) is 31.3 Å². The minimum atomic E-state index is -0.324. The largest absolute Gasteiger partial charge is 0.496 e. The summed E-state index contributed by atoms with van der Waals surface area (Å²) in [6.07, 6.45) is 2.20. The van der Waals surface area contributed by atoms with Crippen LogP contribution < -0.4 is 14.2 Å². The first-order valence-electron chi connectivity index (χ1n) is 6.20. The maximum Gasteiger partial charge on any atom is 0.173 e. The van der Waals surface area contributed by atoms with Crippen molar-refractivity contribution in [2.24, 2.45) is 0 Å². The molecule has 0 aromatic heterocycles. The highest BCUT2D eigenvalue weighted by molar-refractivity contribution is 5.87. The molecule has 1 saturated carbocycles. The van der Waals surface area contributed by atoms with Crippen molar-refractivity contribution < 1.29 is 19.0 Å². The van der Waals surface area contributed by atoms with Gasteiger partial charge < -0.3 is 14.2 Å². The molecule has 4 nitrogen and oxygen atoms in total. The van der Waals surface area contributed by atoms with Gasteiger partial charge in [0.25, 0.3) is 0 Å². The Balaban J connectivity index is 2.08. The molecule has 2 aliphatic rings. The number of ketones is 1. The highest BCUT2D eigenvalue weighted by Gasteiger charge is 2.43. The van der Waals surface area contributed by atoms with Crippen LogP contribution >= 0.6 is 0 Å². The van der Waals surface area contributed by atoms with Crippen LogP contribution in [0.25, 0.3) is 0 Å². The first kappa shape index (κ1) is 11.4. The monoisotopic (exact) mass is 248 g/mol. The fourth-order valence-electron chi connectivity index (χ4n) is 2.92. The number of ether oxygens (including phenoxy) is 3. The highest BCUT2D eigenvalue weighted by Crippen LogP contribution is 2.50. The topological polar surface area (TPSA) is 44.8 Å². The fourth-order valence-corrected chi connectivity index (χ4v) is 2.92. The summed E-state index contributed by atoms with van der Waals surface area (Å²) >= 11 is 0. The lowest BCUT2D eigenvalue weighted by atomic mass is 9.82. The zero-order valence-electron chi connectivity index (χ0n) is 10.6. The van der Waals surface area contributed by atoms with Gasteiger partial charge in [0.15, 0.2) is 11.9 Å². The molecule has 3 rings (SSSR count). The lowest BCUT2D eigenvalue weighted by molar-refractivity contribution is -0.127. The molecule has 1 heterocycles. The third-order valence-corrected chi connectivity index (χ3v) is 3.78. The van der Waals surface area contributed by atoms with Gasteiger partial charge in [0.1, 0.15) is 17.2 Å². The molecule has 1 aromatic carbocycles. The number of benzene rings is 1. The van der Waals surface area contributed by atoms with Gasteiger partial charge in [0.2, 0.25) is 0 Å². The van der Waals surface area contributed by atoms with Crippen LogP contribution in [0.15, 0.2) is 12.1 Å². The second kappa shape index (κ2) is 4.19.